The van der Waals surface area contributed by atoms with Gasteiger partial charge in [-0.1, -0.05) is 87.9 Å². The lowest BCUT2D eigenvalue weighted by molar-refractivity contribution is 0.650. The molecule has 0 aromatic heterocycles. The molecule has 140 valence electrons. The van der Waals surface area contributed by atoms with Crippen molar-refractivity contribution in [1.29, 1.82) is 0 Å². The summed E-state index contributed by atoms with van der Waals surface area (Å²) >= 11 is 0. The zero-order chi connectivity index (χ0) is 19.3. The third-order valence-corrected chi connectivity index (χ3v) is 6.70. The lowest BCUT2D eigenvalue weighted by atomic mass is 9.77. The first-order chi connectivity index (χ1) is 13.6. The molecule has 0 heteroatoms. The molecule has 3 aromatic carbocycles. The Morgan fingerprint density at radius 2 is 1.68 bits per heavy atom. The van der Waals surface area contributed by atoms with Crippen LogP contribution < -0.4 is 0 Å². The quantitative estimate of drug-likeness (QED) is 0.446. The van der Waals surface area contributed by atoms with Crippen LogP contribution in [0.3, 0.4) is 0 Å². The zero-order valence-corrected chi connectivity index (χ0v) is 17.2. The summed E-state index contributed by atoms with van der Waals surface area (Å²) in [5, 5.41) is 2.65. The van der Waals surface area contributed by atoms with Crippen LogP contribution in [0.15, 0.2) is 72.3 Å². The summed E-state index contributed by atoms with van der Waals surface area (Å²) in [7, 11) is 0. The molecule has 2 aliphatic rings. The SMILES string of the molecule is CCCc1ccc2c(c1)C(C)(C)C1=C2CCC(c2ccc3ccccc3c2)=C1. The predicted octanol–water partition coefficient (Wildman–Crippen LogP) is 7.71. The van der Waals surface area contributed by atoms with Gasteiger partial charge in [-0.2, -0.15) is 0 Å². The number of fused-ring (bicyclic) bond motifs is 3. The van der Waals surface area contributed by atoms with Crippen molar-refractivity contribution in [2.24, 2.45) is 0 Å². The summed E-state index contributed by atoms with van der Waals surface area (Å²) in [6.07, 6.45) is 7.16. The lowest BCUT2D eigenvalue weighted by Crippen LogP contribution is -2.17. The van der Waals surface area contributed by atoms with Crippen LogP contribution in [-0.2, 0) is 11.8 Å². The van der Waals surface area contributed by atoms with Crippen molar-refractivity contribution in [3.05, 3.63) is 94.6 Å². The van der Waals surface area contributed by atoms with Crippen LogP contribution in [-0.4, -0.2) is 0 Å². The Kier molecular flexibility index (Phi) is 4.05. The van der Waals surface area contributed by atoms with Gasteiger partial charge < -0.3 is 0 Å². The molecule has 0 aliphatic heterocycles. The first-order valence-electron chi connectivity index (χ1n) is 10.6. The van der Waals surface area contributed by atoms with Gasteiger partial charge in [-0.3, -0.25) is 0 Å². The van der Waals surface area contributed by atoms with Crippen LogP contribution >= 0.6 is 0 Å². The molecule has 0 saturated carbocycles. The molecule has 0 atom stereocenters. The van der Waals surface area contributed by atoms with Gasteiger partial charge in [0, 0.05) is 5.41 Å². The van der Waals surface area contributed by atoms with E-state index in [9.17, 15) is 0 Å². The van der Waals surface area contributed by atoms with Crippen molar-refractivity contribution >= 4 is 21.9 Å². The highest BCUT2D eigenvalue weighted by atomic mass is 14.4. The highest BCUT2D eigenvalue weighted by Gasteiger charge is 2.38. The summed E-state index contributed by atoms with van der Waals surface area (Å²) in [5.74, 6) is 0. The molecule has 3 aromatic rings. The van der Waals surface area contributed by atoms with Crippen LogP contribution in [0.2, 0.25) is 0 Å². The third kappa shape index (κ3) is 2.66. The van der Waals surface area contributed by atoms with E-state index in [4.69, 9.17) is 0 Å². The number of benzene rings is 3. The van der Waals surface area contributed by atoms with Crippen molar-refractivity contribution < 1.29 is 0 Å². The molecule has 0 radical (unpaired) electrons. The van der Waals surface area contributed by atoms with E-state index >= 15 is 0 Å². The molecule has 0 heterocycles. The molecular weight excluding hydrogens is 336 g/mol. The van der Waals surface area contributed by atoms with Gasteiger partial charge in [-0.15, -0.1) is 0 Å². The van der Waals surface area contributed by atoms with E-state index in [-0.39, 0.29) is 5.41 Å². The van der Waals surface area contributed by atoms with Crippen molar-refractivity contribution in [3.63, 3.8) is 0 Å². The summed E-state index contributed by atoms with van der Waals surface area (Å²) < 4.78 is 0. The fraction of sp³-hybridized carbons (Fsp3) is 0.286. The third-order valence-electron chi connectivity index (χ3n) is 6.70. The minimum Gasteiger partial charge on any atom is -0.0651 e. The number of hydrogen-bond donors (Lipinski definition) is 0. The van der Waals surface area contributed by atoms with Gasteiger partial charge in [-0.05, 0) is 75.1 Å². The molecule has 0 unspecified atom stereocenters. The summed E-state index contributed by atoms with van der Waals surface area (Å²) in [5.41, 5.74) is 10.6. The maximum absolute atomic E-state index is 2.50. The van der Waals surface area contributed by atoms with E-state index in [1.807, 2.05) is 0 Å². The van der Waals surface area contributed by atoms with Gasteiger partial charge in [0.1, 0.15) is 0 Å². The van der Waals surface area contributed by atoms with E-state index in [2.05, 4.69) is 87.5 Å². The van der Waals surface area contributed by atoms with E-state index in [1.54, 1.807) is 5.57 Å². The Hall–Kier alpha value is -2.60. The van der Waals surface area contributed by atoms with E-state index in [1.165, 1.54) is 57.0 Å². The molecule has 5 rings (SSSR count). The number of hydrogen-bond acceptors (Lipinski definition) is 0. The van der Waals surface area contributed by atoms with Crippen molar-refractivity contribution in [1.82, 2.24) is 0 Å². The summed E-state index contributed by atoms with van der Waals surface area (Å²) in [4.78, 5) is 0. The highest BCUT2D eigenvalue weighted by molar-refractivity contribution is 5.91. The molecule has 0 amide bonds. The normalized spacial score (nSPS) is 17.5. The Morgan fingerprint density at radius 3 is 2.50 bits per heavy atom. The standard InChI is InChI=1S/C28H28/c1-4-7-19-10-14-24-25-15-13-23(18-27(25)28(2,3)26(24)16-19)22-12-11-20-8-5-6-9-21(20)17-22/h5-6,8-12,14,16-18H,4,7,13,15H2,1-3H3. The molecule has 0 nitrogen and oxygen atoms in total. The first kappa shape index (κ1) is 17.5. The largest absolute Gasteiger partial charge is 0.0651 e. The maximum atomic E-state index is 2.50. The molecular formula is C28H28. The molecule has 0 saturated heterocycles. The van der Waals surface area contributed by atoms with Crippen LogP contribution in [0.5, 0.6) is 0 Å². The van der Waals surface area contributed by atoms with Crippen molar-refractivity contribution in [2.45, 2.75) is 51.9 Å². The number of allylic oxidation sites excluding steroid dienone is 4. The minimum atomic E-state index is 0.0942. The second-order valence-electron chi connectivity index (χ2n) is 8.88. The summed E-state index contributed by atoms with van der Waals surface area (Å²) in [6, 6.07) is 22.8. The van der Waals surface area contributed by atoms with Gasteiger partial charge in [0.05, 0.1) is 0 Å². The van der Waals surface area contributed by atoms with Gasteiger partial charge in [0.25, 0.3) is 0 Å². The lowest BCUT2D eigenvalue weighted by Gasteiger charge is -2.26. The number of rotatable bonds is 3. The first-order valence-corrected chi connectivity index (χ1v) is 10.6. The Morgan fingerprint density at radius 1 is 0.857 bits per heavy atom. The molecule has 0 N–H and O–H groups in total. The fourth-order valence-electron chi connectivity index (χ4n) is 5.14. The Balaban J connectivity index is 1.58. The predicted molar refractivity (Wildman–Crippen MR) is 122 cm³/mol. The average Bonchev–Trinajstić information content (AvgIpc) is 2.94. The van der Waals surface area contributed by atoms with Crippen LogP contribution in [0.25, 0.3) is 21.9 Å². The van der Waals surface area contributed by atoms with Crippen LogP contribution in [0.1, 0.15) is 62.3 Å². The average molecular weight is 365 g/mol. The van der Waals surface area contributed by atoms with Crippen molar-refractivity contribution in [2.75, 3.05) is 0 Å². The molecule has 0 fully saturated rings. The molecule has 0 bridgehead atoms. The molecule has 2 aliphatic carbocycles. The highest BCUT2D eigenvalue weighted by Crippen LogP contribution is 2.52. The maximum Gasteiger partial charge on any atom is 0.0155 e. The number of aryl methyl sites for hydroxylation is 1. The minimum absolute atomic E-state index is 0.0942. The van der Waals surface area contributed by atoms with Gasteiger partial charge in [0.2, 0.25) is 0 Å². The fourth-order valence-corrected chi connectivity index (χ4v) is 5.14. The second kappa shape index (κ2) is 6.48. The molecule has 0 spiro atoms. The monoisotopic (exact) mass is 364 g/mol. The van der Waals surface area contributed by atoms with E-state index < -0.39 is 0 Å². The van der Waals surface area contributed by atoms with Gasteiger partial charge in [-0.25, -0.2) is 0 Å². The topological polar surface area (TPSA) is 0 Å². The zero-order valence-electron chi connectivity index (χ0n) is 17.2. The second-order valence-corrected chi connectivity index (χ2v) is 8.88. The Bertz CT molecular complexity index is 1140. The van der Waals surface area contributed by atoms with Crippen LogP contribution in [0.4, 0.5) is 0 Å². The molecule has 28 heavy (non-hydrogen) atoms. The smallest absolute Gasteiger partial charge is 0.0155 e. The van der Waals surface area contributed by atoms with E-state index in [0.717, 1.165) is 12.8 Å². The van der Waals surface area contributed by atoms with Gasteiger partial charge >= 0.3 is 0 Å². The van der Waals surface area contributed by atoms with Crippen LogP contribution in [0, 0.1) is 0 Å². The summed E-state index contributed by atoms with van der Waals surface area (Å²) in [6.45, 7) is 7.08. The van der Waals surface area contributed by atoms with E-state index in [0.29, 0.717) is 0 Å². The Labute approximate surface area is 168 Å². The van der Waals surface area contributed by atoms with Crippen molar-refractivity contribution in [3.8, 4) is 0 Å². The van der Waals surface area contributed by atoms with Gasteiger partial charge in [0.15, 0.2) is 0 Å².